The van der Waals surface area contributed by atoms with Gasteiger partial charge in [0.25, 0.3) is 0 Å². The highest BCUT2D eigenvalue weighted by molar-refractivity contribution is 5.86. The molecule has 2 heterocycles. The van der Waals surface area contributed by atoms with E-state index in [9.17, 15) is 5.11 Å². The van der Waals surface area contributed by atoms with Gasteiger partial charge in [0.15, 0.2) is 11.3 Å². The van der Waals surface area contributed by atoms with Crippen molar-refractivity contribution in [1.82, 2.24) is 19.7 Å². The molecule has 0 spiro atoms. The Hall–Kier alpha value is -2.87. The van der Waals surface area contributed by atoms with Crippen LogP contribution in [0.1, 0.15) is 24.8 Å². The van der Waals surface area contributed by atoms with Crippen LogP contribution in [0, 0.1) is 0 Å². The summed E-state index contributed by atoms with van der Waals surface area (Å²) >= 11 is 0. The molecule has 0 radical (unpaired) electrons. The van der Waals surface area contributed by atoms with Crippen LogP contribution in [0.15, 0.2) is 30.5 Å². The Morgan fingerprint density at radius 3 is 2.92 bits per heavy atom. The van der Waals surface area contributed by atoms with Crippen molar-refractivity contribution in [2.75, 3.05) is 18.2 Å². The van der Waals surface area contributed by atoms with Gasteiger partial charge >= 0.3 is 0 Å². The number of para-hydroxylation sites is 1. The van der Waals surface area contributed by atoms with Crippen LogP contribution in [0.4, 0.5) is 11.8 Å². The van der Waals surface area contributed by atoms with Crippen molar-refractivity contribution in [2.45, 2.75) is 38.0 Å². The fourth-order valence-corrected chi connectivity index (χ4v) is 3.45. The number of nitrogens with one attached hydrogen (secondary N) is 1. The molecule has 1 saturated carbocycles. The Balaban J connectivity index is 1.65. The fourth-order valence-electron chi connectivity index (χ4n) is 3.45. The highest BCUT2D eigenvalue weighted by Gasteiger charge is 2.24. The van der Waals surface area contributed by atoms with Gasteiger partial charge in [0, 0.05) is 11.6 Å². The van der Waals surface area contributed by atoms with Gasteiger partial charge in [-0.1, -0.05) is 18.2 Å². The van der Waals surface area contributed by atoms with Gasteiger partial charge in [-0.15, -0.1) is 0 Å². The molecule has 0 saturated heterocycles. The summed E-state index contributed by atoms with van der Waals surface area (Å²) in [6, 6.07) is 8.00. The molecular weight excluding hydrogens is 332 g/mol. The zero-order valence-corrected chi connectivity index (χ0v) is 14.6. The topological polar surface area (TPSA) is 111 Å². The Morgan fingerprint density at radius 1 is 1.31 bits per heavy atom. The van der Waals surface area contributed by atoms with Crippen molar-refractivity contribution in [2.24, 2.45) is 0 Å². The van der Waals surface area contributed by atoms with E-state index in [4.69, 9.17) is 10.5 Å². The summed E-state index contributed by atoms with van der Waals surface area (Å²) in [6.07, 6.45) is 3.99. The van der Waals surface area contributed by atoms with Crippen molar-refractivity contribution in [3.8, 4) is 5.75 Å². The predicted molar refractivity (Wildman–Crippen MR) is 99.1 cm³/mol. The largest absolute Gasteiger partial charge is 0.496 e. The lowest BCUT2D eigenvalue weighted by molar-refractivity contribution is 0.182. The molecule has 26 heavy (non-hydrogen) atoms. The van der Waals surface area contributed by atoms with E-state index in [-0.39, 0.29) is 18.1 Å². The number of nitrogens with two attached hydrogens (primary N) is 1. The molecule has 4 rings (SSSR count). The zero-order valence-electron chi connectivity index (χ0n) is 14.6. The number of methoxy groups -OCH3 is 1. The standard InChI is InChI=1S/C18H22N6O2/c1-26-15-5-3-2-4-11(15)9-24-10-14-16(23-24)17(22-18(19)21-14)20-12-6-7-13(25)8-12/h2-5,10,12-13,25H,6-9H2,1H3,(H3,19,20,21,22)/t12-,13+/m1/s1. The van der Waals surface area contributed by atoms with Crippen LogP contribution in [0.25, 0.3) is 11.0 Å². The lowest BCUT2D eigenvalue weighted by Gasteiger charge is -2.13. The second-order valence-corrected chi connectivity index (χ2v) is 6.61. The smallest absolute Gasteiger partial charge is 0.222 e. The van der Waals surface area contributed by atoms with Gasteiger partial charge in [-0.3, -0.25) is 4.68 Å². The number of aliphatic hydroxyl groups excluding tert-OH is 1. The lowest BCUT2D eigenvalue weighted by atomic mass is 10.2. The third-order valence-corrected chi connectivity index (χ3v) is 4.70. The molecule has 0 aliphatic heterocycles. The normalized spacial score (nSPS) is 19.8. The Labute approximate surface area is 151 Å². The number of nitrogens with zero attached hydrogens (tertiary/aromatic N) is 4. The number of fused-ring (bicyclic) bond motifs is 1. The van der Waals surface area contributed by atoms with Crippen molar-refractivity contribution >= 4 is 22.8 Å². The van der Waals surface area contributed by atoms with Crippen LogP contribution in [0.5, 0.6) is 5.75 Å². The summed E-state index contributed by atoms with van der Waals surface area (Å²) in [4.78, 5) is 8.61. The third kappa shape index (κ3) is 3.28. The Kier molecular flexibility index (Phi) is 4.34. The van der Waals surface area contributed by atoms with Crippen LogP contribution >= 0.6 is 0 Å². The van der Waals surface area contributed by atoms with Gasteiger partial charge < -0.3 is 20.9 Å². The van der Waals surface area contributed by atoms with Gasteiger partial charge in [0.05, 0.1) is 26.0 Å². The maximum absolute atomic E-state index is 9.73. The van der Waals surface area contributed by atoms with E-state index < -0.39 is 0 Å². The first-order chi connectivity index (χ1) is 12.6. The molecule has 4 N–H and O–H groups in total. The summed E-state index contributed by atoms with van der Waals surface area (Å²) < 4.78 is 7.22. The number of hydrogen-bond acceptors (Lipinski definition) is 7. The zero-order chi connectivity index (χ0) is 18.1. The molecule has 1 aliphatic carbocycles. The monoisotopic (exact) mass is 354 g/mol. The van der Waals surface area contributed by atoms with Crippen LogP contribution in [0.3, 0.4) is 0 Å². The van der Waals surface area contributed by atoms with Crippen molar-refractivity contribution in [3.05, 3.63) is 36.0 Å². The highest BCUT2D eigenvalue weighted by Crippen LogP contribution is 2.27. The molecule has 1 fully saturated rings. The quantitative estimate of drug-likeness (QED) is 0.640. The van der Waals surface area contributed by atoms with Crippen LogP contribution in [-0.4, -0.2) is 44.1 Å². The average Bonchev–Trinajstić information content (AvgIpc) is 3.21. The van der Waals surface area contributed by atoms with Crippen LogP contribution in [-0.2, 0) is 6.54 Å². The SMILES string of the molecule is COc1ccccc1Cn1cc2nc(N)nc(N[C@@H]3CC[C@H](O)C3)c2n1. The molecule has 0 bridgehead atoms. The number of aromatic nitrogens is 4. The van der Waals surface area contributed by atoms with Crippen molar-refractivity contribution < 1.29 is 9.84 Å². The number of nitrogen functional groups attached to an aromatic ring is 1. The second kappa shape index (κ2) is 6.80. The van der Waals surface area contributed by atoms with E-state index >= 15 is 0 Å². The molecule has 8 heteroatoms. The Bertz CT molecular complexity index is 925. The molecule has 1 aromatic carbocycles. The molecule has 0 unspecified atom stereocenters. The Morgan fingerprint density at radius 2 is 2.15 bits per heavy atom. The fraction of sp³-hybridized carbons (Fsp3) is 0.389. The first-order valence-corrected chi connectivity index (χ1v) is 8.69. The van der Waals surface area contributed by atoms with Gasteiger partial charge in [0.1, 0.15) is 11.3 Å². The maximum Gasteiger partial charge on any atom is 0.222 e. The molecule has 2 aromatic heterocycles. The van der Waals surface area contributed by atoms with E-state index in [1.54, 1.807) is 7.11 Å². The minimum atomic E-state index is -0.259. The number of anilines is 2. The molecule has 2 atom stereocenters. The first kappa shape index (κ1) is 16.6. The second-order valence-electron chi connectivity index (χ2n) is 6.61. The van der Waals surface area contributed by atoms with E-state index in [2.05, 4.69) is 20.4 Å². The molecule has 0 amide bonds. The van der Waals surface area contributed by atoms with E-state index in [0.717, 1.165) is 24.2 Å². The summed E-state index contributed by atoms with van der Waals surface area (Å²) in [5.74, 6) is 1.64. The molecule has 1 aliphatic rings. The van der Waals surface area contributed by atoms with E-state index in [1.807, 2.05) is 35.1 Å². The maximum atomic E-state index is 9.73. The number of hydrogen-bond donors (Lipinski definition) is 3. The minimum Gasteiger partial charge on any atom is -0.496 e. The molecule has 3 aromatic rings. The molecule has 136 valence electrons. The summed E-state index contributed by atoms with van der Waals surface area (Å²) in [5.41, 5.74) is 8.25. The van der Waals surface area contributed by atoms with Crippen molar-refractivity contribution in [3.63, 3.8) is 0 Å². The van der Waals surface area contributed by atoms with Crippen LogP contribution < -0.4 is 15.8 Å². The molecular formula is C18H22N6O2. The van der Waals surface area contributed by atoms with E-state index in [1.165, 1.54) is 0 Å². The first-order valence-electron chi connectivity index (χ1n) is 8.69. The minimum absolute atomic E-state index is 0.168. The summed E-state index contributed by atoms with van der Waals surface area (Å²) in [7, 11) is 1.66. The van der Waals surface area contributed by atoms with Gasteiger partial charge in [-0.05, 0) is 25.3 Å². The van der Waals surface area contributed by atoms with Gasteiger partial charge in [-0.25, -0.2) is 4.98 Å². The van der Waals surface area contributed by atoms with Crippen LogP contribution in [0.2, 0.25) is 0 Å². The highest BCUT2D eigenvalue weighted by atomic mass is 16.5. The third-order valence-electron chi connectivity index (χ3n) is 4.70. The average molecular weight is 354 g/mol. The number of ether oxygens (including phenoxy) is 1. The van der Waals surface area contributed by atoms with Crippen molar-refractivity contribution in [1.29, 1.82) is 0 Å². The van der Waals surface area contributed by atoms with Gasteiger partial charge in [0.2, 0.25) is 5.95 Å². The lowest BCUT2D eigenvalue weighted by Crippen LogP contribution is -2.18. The summed E-state index contributed by atoms with van der Waals surface area (Å²) in [5, 5.41) is 17.7. The van der Waals surface area contributed by atoms with Gasteiger partial charge in [-0.2, -0.15) is 10.1 Å². The number of aliphatic hydroxyl groups is 1. The predicted octanol–water partition coefficient (Wildman–Crippen LogP) is 1.79. The summed E-state index contributed by atoms with van der Waals surface area (Å²) in [6.45, 7) is 0.557. The number of benzene rings is 1. The van der Waals surface area contributed by atoms with E-state index in [0.29, 0.717) is 29.8 Å². The molecule has 8 nitrogen and oxygen atoms in total. The number of rotatable bonds is 5.